The molecule has 0 bridgehead atoms. The van der Waals surface area contributed by atoms with Crippen LogP contribution < -0.4 is 5.73 Å². The fraction of sp³-hybridized carbons (Fsp3) is 0.500. The van der Waals surface area contributed by atoms with Crippen molar-refractivity contribution in [2.75, 3.05) is 13.4 Å². The van der Waals surface area contributed by atoms with Crippen molar-refractivity contribution in [1.29, 1.82) is 0 Å². The second-order valence-corrected chi connectivity index (χ2v) is 5.19. The average molecular weight is 251 g/mol. The van der Waals surface area contributed by atoms with Gasteiger partial charge in [0, 0.05) is 0 Å². The summed E-state index contributed by atoms with van der Waals surface area (Å²) >= 11 is 0. The summed E-state index contributed by atoms with van der Waals surface area (Å²) in [5.74, 6) is -0.282. The maximum atomic E-state index is 11.4. The highest BCUT2D eigenvalue weighted by atomic mass is 16.7. The van der Waals surface area contributed by atoms with Crippen molar-refractivity contribution >= 4 is 5.97 Å². The molecule has 0 aliphatic carbocycles. The Kier molecular flexibility index (Phi) is 5.31. The van der Waals surface area contributed by atoms with Crippen LogP contribution in [0, 0.1) is 5.41 Å². The average Bonchev–Trinajstić information content (AvgIpc) is 2.34. The van der Waals surface area contributed by atoms with E-state index in [-0.39, 0.29) is 18.8 Å². The van der Waals surface area contributed by atoms with Crippen molar-refractivity contribution in [3.8, 4) is 0 Å². The lowest BCUT2D eigenvalue weighted by Gasteiger charge is -2.17. The zero-order valence-electron chi connectivity index (χ0n) is 11.2. The van der Waals surface area contributed by atoms with Gasteiger partial charge in [-0.1, -0.05) is 30.3 Å². The van der Waals surface area contributed by atoms with E-state index in [0.717, 1.165) is 5.56 Å². The van der Waals surface area contributed by atoms with Gasteiger partial charge in [0.05, 0.1) is 18.1 Å². The molecule has 0 spiro atoms. The number of benzene rings is 1. The van der Waals surface area contributed by atoms with E-state index in [0.29, 0.717) is 6.61 Å². The molecule has 0 aliphatic rings. The summed E-state index contributed by atoms with van der Waals surface area (Å²) in [5, 5.41) is 0. The van der Waals surface area contributed by atoms with E-state index in [1.165, 1.54) is 0 Å². The molecule has 0 saturated carbocycles. The van der Waals surface area contributed by atoms with E-state index in [9.17, 15) is 4.79 Å². The molecule has 0 saturated heterocycles. The normalized spacial score (nSPS) is 13.1. The van der Waals surface area contributed by atoms with Crippen LogP contribution in [0.2, 0.25) is 0 Å². The molecule has 100 valence electrons. The van der Waals surface area contributed by atoms with E-state index in [2.05, 4.69) is 0 Å². The number of nitrogens with two attached hydrogens (primary N) is 1. The zero-order chi connectivity index (χ0) is 13.6. The first-order valence-electron chi connectivity index (χ1n) is 5.97. The summed E-state index contributed by atoms with van der Waals surface area (Å²) < 4.78 is 10.2. The van der Waals surface area contributed by atoms with Crippen LogP contribution in [0.1, 0.15) is 32.4 Å². The Morgan fingerprint density at radius 3 is 2.44 bits per heavy atom. The topological polar surface area (TPSA) is 61.5 Å². The summed E-state index contributed by atoms with van der Waals surface area (Å²) in [6.07, 6.45) is 0. The minimum atomic E-state index is -0.509. The summed E-state index contributed by atoms with van der Waals surface area (Å²) in [5.41, 5.74) is 6.42. The number of carbonyl (C=O) groups is 1. The van der Waals surface area contributed by atoms with Gasteiger partial charge in [0.15, 0.2) is 6.79 Å². The summed E-state index contributed by atoms with van der Waals surface area (Å²) in [4.78, 5) is 11.4. The minimum absolute atomic E-state index is 0.0589. The SMILES string of the molecule is CC(C)(C)C(=O)OCOC[C@@H](N)c1ccccc1. The first kappa shape index (κ1) is 14.7. The molecule has 1 aromatic rings. The molecule has 0 radical (unpaired) electrons. The standard InChI is InChI=1S/C14H21NO3/c1-14(2,3)13(16)18-10-17-9-12(15)11-7-5-4-6-8-11/h4-8,12H,9-10,15H2,1-3H3/t12-/m1/s1. The third-order valence-electron chi connectivity index (χ3n) is 2.41. The Bertz CT molecular complexity index is 370. The van der Waals surface area contributed by atoms with E-state index in [4.69, 9.17) is 15.2 Å². The lowest BCUT2D eigenvalue weighted by Crippen LogP contribution is -2.25. The van der Waals surface area contributed by atoms with Gasteiger partial charge >= 0.3 is 5.97 Å². The molecule has 1 rings (SSSR count). The quantitative estimate of drug-likeness (QED) is 0.495. The van der Waals surface area contributed by atoms with Gasteiger partial charge in [0.25, 0.3) is 0 Å². The predicted octanol–water partition coefficient (Wildman–Crippen LogP) is 2.25. The fourth-order valence-corrected chi connectivity index (χ4v) is 1.28. The second kappa shape index (κ2) is 6.52. The Balaban J connectivity index is 2.25. The lowest BCUT2D eigenvalue weighted by atomic mass is 9.98. The maximum Gasteiger partial charge on any atom is 0.313 e. The number of esters is 1. The summed E-state index contributed by atoms with van der Waals surface area (Å²) in [6.45, 7) is 5.65. The van der Waals surface area contributed by atoms with Gasteiger partial charge in [-0.05, 0) is 26.3 Å². The van der Waals surface area contributed by atoms with Gasteiger partial charge in [-0.3, -0.25) is 4.79 Å². The first-order chi connectivity index (χ1) is 8.41. The van der Waals surface area contributed by atoms with Gasteiger partial charge in [-0.2, -0.15) is 0 Å². The van der Waals surface area contributed by atoms with Crippen molar-refractivity contribution in [3.63, 3.8) is 0 Å². The van der Waals surface area contributed by atoms with Crippen molar-refractivity contribution in [2.24, 2.45) is 11.1 Å². The van der Waals surface area contributed by atoms with Crippen molar-refractivity contribution in [3.05, 3.63) is 35.9 Å². The Hall–Kier alpha value is -1.39. The van der Waals surface area contributed by atoms with Crippen LogP contribution in [0.5, 0.6) is 0 Å². The van der Waals surface area contributed by atoms with Gasteiger partial charge in [0.1, 0.15) is 0 Å². The number of ether oxygens (including phenoxy) is 2. The molecule has 0 fully saturated rings. The summed E-state index contributed by atoms with van der Waals surface area (Å²) in [6, 6.07) is 9.45. The number of rotatable bonds is 5. The third kappa shape index (κ3) is 4.85. The van der Waals surface area contributed by atoms with E-state index in [1.807, 2.05) is 30.3 Å². The molecule has 0 heterocycles. The number of hydrogen-bond donors (Lipinski definition) is 1. The molecule has 18 heavy (non-hydrogen) atoms. The van der Waals surface area contributed by atoms with Gasteiger partial charge in [-0.25, -0.2) is 0 Å². The molecule has 4 heteroatoms. The molecule has 0 unspecified atom stereocenters. The van der Waals surface area contributed by atoms with Crippen LogP contribution in [0.15, 0.2) is 30.3 Å². The molecule has 0 amide bonds. The van der Waals surface area contributed by atoms with Crippen LogP contribution in [0.4, 0.5) is 0 Å². The number of hydrogen-bond acceptors (Lipinski definition) is 4. The molecule has 4 nitrogen and oxygen atoms in total. The van der Waals surface area contributed by atoms with Crippen molar-refractivity contribution in [1.82, 2.24) is 0 Å². The Labute approximate surface area is 108 Å². The lowest BCUT2D eigenvalue weighted by molar-refractivity contribution is -0.166. The first-order valence-corrected chi connectivity index (χ1v) is 5.97. The minimum Gasteiger partial charge on any atom is -0.438 e. The molecule has 0 aromatic heterocycles. The van der Waals surface area contributed by atoms with Crippen LogP contribution >= 0.6 is 0 Å². The van der Waals surface area contributed by atoms with Gasteiger partial charge < -0.3 is 15.2 Å². The molecule has 2 N–H and O–H groups in total. The highest BCUT2D eigenvalue weighted by Gasteiger charge is 2.22. The van der Waals surface area contributed by atoms with Crippen molar-refractivity contribution < 1.29 is 14.3 Å². The fourth-order valence-electron chi connectivity index (χ4n) is 1.28. The van der Waals surface area contributed by atoms with Crippen LogP contribution in [0.25, 0.3) is 0 Å². The maximum absolute atomic E-state index is 11.4. The van der Waals surface area contributed by atoms with Gasteiger partial charge in [-0.15, -0.1) is 0 Å². The van der Waals surface area contributed by atoms with Crippen LogP contribution in [-0.4, -0.2) is 19.4 Å². The van der Waals surface area contributed by atoms with Crippen LogP contribution in [-0.2, 0) is 14.3 Å². The highest BCUT2D eigenvalue weighted by molar-refractivity contribution is 5.75. The zero-order valence-corrected chi connectivity index (χ0v) is 11.2. The molecular formula is C14H21NO3. The predicted molar refractivity (Wildman–Crippen MR) is 69.7 cm³/mol. The number of carbonyl (C=O) groups excluding carboxylic acids is 1. The Morgan fingerprint density at radius 1 is 1.28 bits per heavy atom. The smallest absolute Gasteiger partial charge is 0.313 e. The molecular weight excluding hydrogens is 230 g/mol. The van der Waals surface area contributed by atoms with Crippen LogP contribution in [0.3, 0.4) is 0 Å². The second-order valence-electron chi connectivity index (χ2n) is 5.19. The molecule has 1 atom stereocenters. The Morgan fingerprint density at radius 2 is 1.89 bits per heavy atom. The van der Waals surface area contributed by atoms with E-state index >= 15 is 0 Å². The third-order valence-corrected chi connectivity index (χ3v) is 2.41. The monoisotopic (exact) mass is 251 g/mol. The summed E-state index contributed by atoms with van der Waals surface area (Å²) in [7, 11) is 0. The highest BCUT2D eigenvalue weighted by Crippen LogP contribution is 2.15. The van der Waals surface area contributed by atoms with Crippen molar-refractivity contribution in [2.45, 2.75) is 26.8 Å². The van der Waals surface area contributed by atoms with E-state index < -0.39 is 5.41 Å². The molecule has 1 aromatic carbocycles. The molecule has 0 aliphatic heterocycles. The van der Waals surface area contributed by atoms with E-state index in [1.54, 1.807) is 20.8 Å². The van der Waals surface area contributed by atoms with Gasteiger partial charge in [0.2, 0.25) is 0 Å². The largest absolute Gasteiger partial charge is 0.438 e.